The number of benzene rings is 2. The van der Waals surface area contributed by atoms with E-state index in [-0.39, 0.29) is 24.4 Å². The molecule has 4 rings (SSSR count). The second-order valence-corrected chi connectivity index (χ2v) is 9.00. The molecule has 8 heteroatoms. The van der Waals surface area contributed by atoms with Gasteiger partial charge in [-0.15, -0.1) is 0 Å². The summed E-state index contributed by atoms with van der Waals surface area (Å²) in [5, 5.41) is 0. The molecule has 0 aliphatic rings. The van der Waals surface area contributed by atoms with Crippen molar-refractivity contribution < 1.29 is 4.74 Å². The van der Waals surface area contributed by atoms with Crippen molar-refractivity contribution in [1.82, 2.24) is 18.7 Å². The summed E-state index contributed by atoms with van der Waals surface area (Å²) in [6.45, 7) is 5.47. The summed E-state index contributed by atoms with van der Waals surface area (Å²) in [5.41, 5.74) is 1.08. The van der Waals surface area contributed by atoms with Gasteiger partial charge in [0.2, 0.25) is 0 Å². The Kier molecular flexibility index (Phi) is 6.60. The fourth-order valence-electron chi connectivity index (χ4n) is 3.69. The van der Waals surface area contributed by atoms with Crippen molar-refractivity contribution in [2.45, 2.75) is 33.5 Å². The van der Waals surface area contributed by atoms with Crippen molar-refractivity contribution in [3.8, 4) is 5.75 Å². The van der Waals surface area contributed by atoms with E-state index in [0.29, 0.717) is 35.9 Å². The maximum Gasteiger partial charge on any atom is 0.333 e. The molecule has 0 N–H and O–H groups in total. The number of hydrogen-bond acceptors (Lipinski definition) is 4. The Morgan fingerprint density at radius 3 is 2.53 bits per heavy atom. The maximum atomic E-state index is 13.3. The van der Waals surface area contributed by atoms with Crippen LogP contribution in [0.1, 0.15) is 19.4 Å². The number of hydrogen-bond donors (Lipinski definition) is 0. The van der Waals surface area contributed by atoms with E-state index in [0.717, 1.165) is 10.0 Å². The van der Waals surface area contributed by atoms with Crippen LogP contribution in [0.3, 0.4) is 0 Å². The van der Waals surface area contributed by atoms with Crippen LogP contribution >= 0.6 is 15.9 Å². The van der Waals surface area contributed by atoms with Crippen LogP contribution in [0, 0.1) is 5.92 Å². The standard InChI is InChI=1S/C24H25BrN4O3/c1-17(2)14-27-16-26-22-21(27)23(30)28(11-12-32-20-10-6-9-19(25)13-20)24(31)29(22)15-18-7-4-3-5-8-18/h3-10,13,16-17H,11-12,14-15H2,1-2H3. The van der Waals surface area contributed by atoms with Gasteiger partial charge in [-0.1, -0.05) is 66.2 Å². The van der Waals surface area contributed by atoms with Gasteiger partial charge in [-0.25, -0.2) is 9.78 Å². The third-order valence-corrected chi connectivity index (χ3v) is 5.60. The summed E-state index contributed by atoms with van der Waals surface area (Å²) in [4.78, 5) is 31.1. The molecule has 4 aromatic rings. The number of nitrogens with zero attached hydrogens (tertiary/aromatic N) is 4. The Balaban J connectivity index is 1.75. The van der Waals surface area contributed by atoms with E-state index in [2.05, 4.69) is 34.8 Å². The predicted molar refractivity (Wildman–Crippen MR) is 128 cm³/mol. The molecule has 32 heavy (non-hydrogen) atoms. The number of halogens is 1. The van der Waals surface area contributed by atoms with Crippen molar-refractivity contribution in [1.29, 1.82) is 0 Å². The minimum Gasteiger partial charge on any atom is -0.492 e. The average molecular weight is 497 g/mol. The monoisotopic (exact) mass is 496 g/mol. The first-order chi connectivity index (χ1) is 15.4. The normalized spacial score (nSPS) is 11.4. The summed E-state index contributed by atoms with van der Waals surface area (Å²) in [6, 6.07) is 17.1. The van der Waals surface area contributed by atoms with Crippen molar-refractivity contribution in [3.05, 3.63) is 91.8 Å². The number of ether oxygens (including phenoxy) is 1. The van der Waals surface area contributed by atoms with Crippen LogP contribution in [0.25, 0.3) is 11.2 Å². The van der Waals surface area contributed by atoms with Gasteiger partial charge in [-0.05, 0) is 29.7 Å². The highest BCUT2D eigenvalue weighted by molar-refractivity contribution is 9.10. The summed E-state index contributed by atoms with van der Waals surface area (Å²) in [5.74, 6) is 0.998. The first-order valence-electron chi connectivity index (χ1n) is 10.5. The van der Waals surface area contributed by atoms with Gasteiger partial charge in [0.1, 0.15) is 12.4 Å². The molecule has 0 fully saturated rings. The molecule has 2 aromatic carbocycles. The maximum absolute atomic E-state index is 13.3. The lowest BCUT2D eigenvalue weighted by Crippen LogP contribution is -2.42. The van der Waals surface area contributed by atoms with E-state index >= 15 is 0 Å². The SMILES string of the molecule is CC(C)Cn1cnc2c1c(=O)n(CCOc1cccc(Br)c1)c(=O)n2Cc1ccccc1. The molecule has 2 aromatic heterocycles. The molecule has 7 nitrogen and oxygen atoms in total. The van der Waals surface area contributed by atoms with Crippen molar-refractivity contribution in [2.75, 3.05) is 6.61 Å². The second kappa shape index (κ2) is 9.56. The summed E-state index contributed by atoms with van der Waals surface area (Å²) in [7, 11) is 0. The fraction of sp³-hybridized carbons (Fsp3) is 0.292. The Bertz CT molecular complexity index is 1340. The van der Waals surface area contributed by atoms with E-state index < -0.39 is 0 Å². The number of rotatable bonds is 8. The highest BCUT2D eigenvalue weighted by Crippen LogP contribution is 2.17. The highest BCUT2D eigenvalue weighted by Gasteiger charge is 2.19. The lowest BCUT2D eigenvalue weighted by molar-refractivity contribution is 0.292. The highest BCUT2D eigenvalue weighted by atomic mass is 79.9. The van der Waals surface area contributed by atoms with Crippen LogP contribution < -0.4 is 16.0 Å². The van der Waals surface area contributed by atoms with Crippen LogP contribution in [0.4, 0.5) is 0 Å². The van der Waals surface area contributed by atoms with Crippen LogP contribution in [0.5, 0.6) is 5.75 Å². The Labute approximate surface area is 194 Å². The van der Waals surface area contributed by atoms with Gasteiger partial charge in [-0.3, -0.25) is 13.9 Å². The largest absolute Gasteiger partial charge is 0.492 e. The van der Waals surface area contributed by atoms with E-state index in [4.69, 9.17) is 4.74 Å². The molecule has 0 atom stereocenters. The van der Waals surface area contributed by atoms with Crippen LogP contribution in [-0.2, 0) is 19.6 Å². The molecular formula is C24H25BrN4O3. The van der Waals surface area contributed by atoms with E-state index in [1.807, 2.05) is 59.2 Å². The molecule has 0 unspecified atom stereocenters. The van der Waals surface area contributed by atoms with Crippen molar-refractivity contribution in [2.24, 2.45) is 5.92 Å². The number of imidazole rings is 1. The molecule has 2 heterocycles. The van der Waals surface area contributed by atoms with Gasteiger partial charge in [-0.2, -0.15) is 0 Å². The van der Waals surface area contributed by atoms with Crippen molar-refractivity contribution >= 4 is 27.1 Å². The van der Waals surface area contributed by atoms with Crippen LogP contribution in [-0.4, -0.2) is 25.3 Å². The molecular weight excluding hydrogens is 472 g/mol. The zero-order valence-corrected chi connectivity index (χ0v) is 19.7. The predicted octanol–water partition coefficient (Wildman–Crippen LogP) is 3.91. The topological polar surface area (TPSA) is 71.1 Å². The third-order valence-electron chi connectivity index (χ3n) is 5.11. The summed E-state index contributed by atoms with van der Waals surface area (Å²) >= 11 is 3.42. The second-order valence-electron chi connectivity index (χ2n) is 8.08. The van der Waals surface area contributed by atoms with Crippen molar-refractivity contribution in [3.63, 3.8) is 0 Å². The molecule has 166 valence electrons. The first-order valence-corrected chi connectivity index (χ1v) is 11.3. The van der Waals surface area contributed by atoms with Crippen LogP contribution in [0.15, 0.2) is 75.0 Å². The zero-order chi connectivity index (χ0) is 22.7. The lowest BCUT2D eigenvalue weighted by atomic mass is 10.2. The van der Waals surface area contributed by atoms with Gasteiger partial charge >= 0.3 is 5.69 Å². The van der Waals surface area contributed by atoms with E-state index in [1.165, 1.54) is 4.57 Å². The quantitative estimate of drug-likeness (QED) is 0.370. The van der Waals surface area contributed by atoms with Crippen LogP contribution in [0.2, 0.25) is 0 Å². The summed E-state index contributed by atoms with van der Waals surface area (Å²) < 4.78 is 11.4. The van der Waals surface area contributed by atoms with E-state index in [1.54, 1.807) is 10.9 Å². The molecule has 0 saturated carbocycles. The van der Waals surface area contributed by atoms with Gasteiger partial charge in [0, 0.05) is 11.0 Å². The first kappa shape index (κ1) is 22.1. The molecule has 0 amide bonds. The minimum atomic E-state index is -0.390. The minimum absolute atomic E-state index is 0.141. The zero-order valence-electron chi connectivity index (χ0n) is 18.1. The molecule has 0 radical (unpaired) electrons. The van der Waals surface area contributed by atoms with Gasteiger partial charge in [0.25, 0.3) is 5.56 Å². The lowest BCUT2D eigenvalue weighted by Gasteiger charge is -2.14. The average Bonchev–Trinajstić information content (AvgIpc) is 3.17. The van der Waals surface area contributed by atoms with Gasteiger partial charge in [0.05, 0.1) is 19.4 Å². The Morgan fingerprint density at radius 2 is 1.81 bits per heavy atom. The number of aromatic nitrogens is 4. The summed E-state index contributed by atoms with van der Waals surface area (Å²) in [6.07, 6.45) is 1.65. The molecule has 0 spiro atoms. The van der Waals surface area contributed by atoms with Gasteiger partial charge < -0.3 is 9.30 Å². The van der Waals surface area contributed by atoms with Gasteiger partial charge in [0.15, 0.2) is 11.2 Å². The third kappa shape index (κ3) is 4.70. The molecule has 0 saturated heterocycles. The molecule has 0 aliphatic carbocycles. The fourth-order valence-corrected chi connectivity index (χ4v) is 4.07. The molecule has 0 bridgehead atoms. The van der Waals surface area contributed by atoms with E-state index in [9.17, 15) is 9.59 Å². The Morgan fingerprint density at radius 1 is 1.03 bits per heavy atom. The smallest absolute Gasteiger partial charge is 0.333 e. The molecule has 0 aliphatic heterocycles. The number of fused-ring (bicyclic) bond motifs is 1. The Hall–Kier alpha value is -3.13.